The summed E-state index contributed by atoms with van der Waals surface area (Å²) >= 11 is 1.21. The molecule has 0 radical (unpaired) electrons. The Balaban J connectivity index is 1.90. The van der Waals surface area contributed by atoms with E-state index in [2.05, 4.69) is 6.92 Å². The quantitative estimate of drug-likeness (QED) is 0.559. The first-order chi connectivity index (χ1) is 9.13. The maximum atomic E-state index is 14.0. The average molecular weight is 302 g/mol. The highest BCUT2D eigenvalue weighted by molar-refractivity contribution is 7.84. The Morgan fingerprint density at radius 2 is 2.00 bits per heavy atom. The van der Waals surface area contributed by atoms with Gasteiger partial charge in [-0.05, 0) is 6.42 Å². The third-order valence-electron chi connectivity index (χ3n) is 3.38. The second-order valence-corrected chi connectivity index (χ2v) is 7.52. The van der Waals surface area contributed by atoms with Crippen LogP contribution in [0.3, 0.4) is 0 Å². The van der Waals surface area contributed by atoms with E-state index in [0.29, 0.717) is 17.7 Å². The molecule has 0 aromatic carbocycles. The van der Waals surface area contributed by atoms with E-state index in [4.69, 9.17) is 0 Å². The van der Waals surface area contributed by atoms with E-state index in [0.717, 1.165) is 24.1 Å². The highest BCUT2D eigenvalue weighted by atomic mass is 32.2. The number of carbonyl (C=O) groups is 1. The molecule has 1 atom stereocenters. The van der Waals surface area contributed by atoms with Crippen molar-refractivity contribution in [2.75, 3.05) is 0 Å². The number of ketones is 1. The molecular formula is C14H19FO2S2. The molecule has 1 aromatic heterocycles. The second kappa shape index (κ2) is 6.75. The summed E-state index contributed by atoms with van der Waals surface area (Å²) in [6, 6.07) is 0. The highest BCUT2D eigenvalue weighted by Crippen LogP contribution is 2.35. The van der Waals surface area contributed by atoms with Gasteiger partial charge in [-0.2, -0.15) is 0 Å². The lowest BCUT2D eigenvalue weighted by molar-refractivity contribution is 0.0979. The van der Waals surface area contributed by atoms with Gasteiger partial charge in [-0.1, -0.05) is 32.6 Å². The van der Waals surface area contributed by atoms with Gasteiger partial charge in [0.15, 0.2) is 5.78 Å². The zero-order valence-corrected chi connectivity index (χ0v) is 12.8. The van der Waals surface area contributed by atoms with Gasteiger partial charge in [0.25, 0.3) is 0 Å². The minimum Gasteiger partial charge on any atom is -0.293 e. The van der Waals surface area contributed by atoms with Crippen molar-refractivity contribution in [3.8, 4) is 0 Å². The number of fused-ring (bicyclic) bond motifs is 1. The fourth-order valence-electron chi connectivity index (χ4n) is 2.29. The normalized spacial score (nSPS) is 17.7. The molecule has 5 heteroatoms. The Hall–Kier alpha value is -0.550. The lowest BCUT2D eigenvalue weighted by Gasteiger charge is -2.00. The van der Waals surface area contributed by atoms with E-state index < -0.39 is 16.6 Å². The minimum atomic E-state index is -0.970. The van der Waals surface area contributed by atoms with Crippen molar-refractivity contribution in [1.29, 1.82) is 0 Å². The molecule has 0 bridgehead atoms. The van der Waals surface area contributed by atoms with Crippen LogP contribution in [0, 0.1) is 5.82 Å². The van der Waals surface area contributed by atoms with E-state index in [1.807, 2.05) is 0 Å². The lowest BCUT2D eigenvalue weighted by Crippen LogP contribution is -2.00. The third kappa shape index (κ3) is 3.51. The Kier molecular flexibility index (Phi) is 5.28. The SMILES string of the molecule is CCCCCCCC(=O)c1sc2c(c1F)CS(=O)C2. The number of Topliss-reactive ketones (excluding diaryl/α,β-unsaturated/α-hetero) is 1. The summed E-state index contributed by atoms with van der Waals surface area (Å²) in [4.78, 5) is 13.1. The molecule has 0 fully saturated rings. The molecule has 1 aliphatic heterocycles. The summed E-state index contributed by atoms with van der Waals surface area (Å²) in [6.45, 7) is 2.15. The standard InChI is InChI=1S/C14H19FO2S2/c1-2-3-4-5-6-7-11(16)14-13(15)10-8-19(17)9-12(10)18-14/h2-9H2,1H3. The minimum absolute atomic E-state index is 0.0841. The first-order valence-electron chi connectivity index (χ1n) is 6.81. The van der Waals surface area contributed by atoms with Gasteiger partial charge in [-0.3, -0.25) is 9.00 Å². The maximum Gasteiger partial charge on any atom is 0.175 e. The average Bonchev–Trinajstić information content (AvgIpc) is 2.88. The lowest BCUT2D eigenvalue weighted by atomic mass is 10.1. The first-order valence-corrected chi connectivity index (χ1v) is 9.12. The van der Waals surface area contributed by atoms with E-state index in [1.54, 1.807) is 0 Å². The first kappa shape index (κ1) is 14.9. The summed E-state index contributed by atoms with van der Waals surface area (Å²) in [5.41, 5.74) is 0.526. The van der Waals surface area contributed by atoms with Gasteiger partial charge in [0.2, 0.25) is 0 Å². The number of thiophene rings is 1. The molecule has 0 N–H and O–H groups in total. The van der Waals surface area contributed by atoms with E-state index >= 15 is 0 Å². The summed E-state index contributed by atoms with van der Waals surface area (Å²) < 4.78 is 25.4. The smallest absolute Gasteiger partial charge is 0.175 e. The summed E-state index contributed by atoms with van der Waals surface area (Å²) in [5, 5.41) is 0. The Morgan fingerprint density at radius 1 is 1.26 bits per heavy atom. The predicted molar refractivity (Wildman–Crippen MR) is 77.5 cm³/mol. The molecule has 0 saturated carbocycles. The fourth-order valence-corrected chi connectivity index (χ4v) is 5.16. The van der Waals surface area contributed by atoms with Crippen molar-refractivity contribution in [3.63, 3.8) is 0 Å². The molecule has 1 aromatic rings. The fraction of sp³-hybridized carbons (Fsp3) is 0.643. The van der Waals surface area contributed by atoms with Crippen LogP contribution in [0.15, 0.2) is 0 Å². The van der Waals surface area contributed by atoms with Crippen molar-refractivity contribution in [2.45, 2.75) is 57.0 Å². The van der Waals surface area contributed by atoms with Gasteiger partial charge < -0.3 is 0 Å². The van der Waals surface area contributed by atoms with Crippen LogP contribution in [0.2, 0.25) is 0 Å². The Labute approximate surface area is 119 Å². The van der Waals surface area contributed by atoms with Crippen molar-refractivity contribution in [3.05, 3.63) is 21.1 Å². The number of hydrogen-bond acceptors (Lipinski definition) is 3. The van der Waals surface area contributed by atoms with Gasteiger partial charge >= 0.3 is 0 Å². The molecule has 19 heavy (non-hydrogen) atoms. The number of rotatable bonds is 7. The zero-order chi connectivity index (χ0) is 13.8. The van der Waals surface area contributed by atoms with Crippen LogP contribution < -0.4 is 0 Å². The Bertz CT molecular complexity index is 494. The van der Waals surface area contributed by atoms with Crippen LogP contribution in [-0.4, -0.2) is 9.99 Å². The molecule has 0 aliphatic carbocycles. The van der Waals surface area contributed by atoms with Crippen molar-refractivity contribution < 1.29 is 13.4 Å². The molecule has 2 nitrogen and oxygen atoms in total. The van der Waals surface area contributed by atoms with Crippen LogP contribution in [0.4, 0.5) is 4.39 Å². The van der Waals surface area contributed by atoms with Crippen molar-refractivity contribution >= 4 is 27.9 Å². The number of unbranched alkanes of at least 4 members (excludes halogenated alkanes) is 4. The summed E-state index contributed by atoms with van der Waals surface area (Å²) in [6.07, 6.45) is 5.83. The number of halogens is 1. The van der Waals surface area contributed by atoms with Gasteiger partial charge in [-0.15, -0.1) is 11.3 Å². The summed E-state index contributed by atoms with van der Waals surface area (Å²) in [5.74, 6) is 0.214. The van der Waals surface area contributed by atoms with Gasteiger partial charge in [-0.25, -0.2) is 4.39 Å². The molecule has 2 heterocycles. The van der Waals surface area contributed by atoms with Crippen LogP contribution in [-0.2, 0) is 22.3 Å². The molecule has 0 amide bonds. The molecule has 0 spiro atoms. The number of carbonyl (C=O) groups excluding carboxylic acids is 1. The van der Waals surface area contributed by atoms with Gasteiger partial charge in [0, 0.05) is 27.7 Å². The monoisotopic (exact) mass is 302 g/mol. The second-order valence-electron chi connectivity index (χ2n) is 4.96. The highest BCUT2D eigenvalue weighted by Gasteiger charge is 2.28. The molecule has 106 valence electrons. The molecule has 1 aliphatic rings. The van der Waals surface area contributed by atoms with Crippen LogP contribution in [0.5, 0.6) is 0 Å². The van der Waals surface area contributed by atoms with Crippen LogP contribution in [0.1, 0.15) is 65.6 Å². The van der Waals surface area contributed by atoms with E-state index in [1.165, 1.54) is 24.2 Å². The maximum absolute atomic E-state index is 14.0. The van der Waals surface area contributed by atoms with E-state index in [9.17, 15) is 13.4 Å². The van der Waals surface area contributed by atoms with Gasteiger partial charge in [0.1, 0.15) is 10.7 Å². The molecule has 0 saturated heterocycles. The molecule has 1 unspecified atom stereocenters. The van der Waals surface area contributed by atoms with Crippen molar-refractivity contribution in [2.24, 2.45) is 0 Å². The largest absolute Gasteiger partial charge is 0.293 e. The summed E-state index contributed by atoms with van der Waals surface area (Å²) in [7, 11) is -0.970. The molecular weight excluding hydrogens is 283 g/mol. The van der Waals surface area contributed by atoms with Crippen molar-refractivity contribution in [1.82, 2.24) is 0 Å². The number of hydrogen-bond donors (Lipinski definition) is 0. The van der Waals surface area contributed by atoms with Gasteiger partial charge in [0.05, 0.1) is 11.5 Å². The topological polar surface area (TPSA) is 34.1 Å². The zero-order valence-electron chi connectivity index (χ0n) is 11.2. The van der Waals surface area contributed by atoms with E-state index in [-0.39, 0.29) is 16.4 Å². The Morgan fingerprint density at radius 3 is 2.68 bits per heavy atom. The molecule has 2 rings (SSSR count). The predicted octanol–water partition coefficient (Wildman–Crippen LogP) is 4.19. The van der Waals surface area contributed by atoms with Crippen LogP contribution in [0.25, 0.3) is 0 Å². The van der Waals surface area contributed by atoms with Crippen LogP contribution >= 0.6 is 11.3 Å². The third-order valence-corrected chi connectivity index (χ3v) is 6.04.